The molecule has 0 bridgehead atoms. The molecule has 11 heavy (non-hydrogen) atoms. The molecule has 1 saturated carbocycles. The third-order valence-corrected chi connectivity index (χ3v) is 2.29. The Balaban J connectivity index is 2.51. The summed E-state index contributed by atoms with van der Waals surface area (Å²) in [6.07, 6.45) is 5.21. The standard InChI is InChI=1S/C9H16N2/c1-7-4-2-3-5-8(10)9(11)6-7/h7,10-11H,2-6H2,1H3. The molecule has 0 saturated heterocycles. The highest BCUT2D eigenvalue weighted by Gasteiger charge is 2.13. The first kappa shape index (κ1) is 8.44. The van der Waals surface area contributed by atoms with Crippen molar-refractivity contribution in [3.8, 4) is 0 Å². The van der Waals surface area contributed by atoms with Gasteiger partial charge in [-0.3, -0.25) is 0 Å². The van der Waals surface area contributed by atoms with Crippen molar-refractivity contribution in [2.24, 2.45) is 5.92 Å². The summed E-state index contributed by atoms with van der Waals surface area (Å²) in [6.45, 7) is 2.17. The third-order valence-electron chi connectivity index (χ3n) is 2.29. The number of rotatable bonds is 0. The molecule has 1 fully saturated rings. The Hall–Kier alpha value is -0.660. The molecule has 0 spiro atoms. The lowest BCUT2D eigenvalue weighted by Crippen LogP contribution is -2.17. The molecular formula is C9H16N2. The first-order chi connectivity index (χ1) is 5.20. The van der Waals surface area contributed by atoms with Crippen molar-refractivity contribution in [2.45, 2.75) is 39.0 Å². The number of hydrogen-bond donors (Lipinski definition) is 2. The van der Waals surface area contributed by atoms with Crippen LogP contribution in [0.5, 0.6) is 0 Å². The fourth-order valence-corrected chi connectivity index (χ4v) is 1.52. The van der Waals surface area contributed by atoms with Gasteiger partial charge >= 0.3 is 0 Å². The summed E-state index contributed by atoms with van der Waals surface area (Å²) in [6, 6.07) is 0. The fourth-order valence-electron chi connectivity index (χ4n) is 1.52. The van der Waals surface area contributed by atoms with Crippen LogP contribution >= 0.6 is 0 Å². The van der Waals surface area contributed by atoms with Crippen molar-refractivity contribution in [3.63, 3.8) is 0 Å². The Labute approximate surface area is 68.0 Å². The van der Waals surface area contributed by atoms with Crippen molar-refractivity contribution < 1.29 is 0 Å². The average molecular weight is 152 g/mol. The molecule has 2 heteroatoms. The Morgan fingerprint density at radius 3 is 2.64 bits per heavy atom. The molecule has 1 rings (SSSR count). The van der Waals surface area contributed by atoms with E-state index in [0.717, 1.165) is 19.3 Å². The lowest BCUT2D eigenvalue weighted by Gasteiger charge is -2.16. The van der Waals surface area contributed by atoms with Crippen LogP contribution in [0.2, 0.25) is 0 Å². The highest BCUT2D eigenvalue weighted by Crippen LogP contribution is 2.17. The smallest absolute Gasteiger partial charge is 0.0523 e. The minimum Gasteiger partial charge on any atom is -0.303 e. The van der Waals surface area contributed by atoms with Gasteiger partial charge in [0, 0.05) is 0 Å². The van der Waals surface area contributed by atoms with Gasteiger partial charge in [0.15, 0.2) is 0 Å². The molecule has 0 aromatic heterocycles. The van der Waals surface area contributed by atoms with Crippen molar-refractivity contribution in [1.29, 1.82) is 10.8 Å². The van der Waals surface area contributed by atoms with Crippen LogP contribution in [-0.2, 0) is 0 Å². The summed E-state index contributed by atoms with van der Waals surface area (Å²) < 4.78 is 0. The predicted octanol–water partition coefficient (Wildman–Crippen LogP) is 2.63. The largest absolute Gasteiger partial charge is 0.303 e. The fraction of sp³-hybridized carbons (Fsp3) is 0.778. The van der Waals surface area contributed by atoms with Gasteiger partial charge < -0.3 is 10.8 Å². The highest BCUT2D eigenvalue weighted by atomic mass is 14.5. The molecule has 1 unspecified atom stereocenters. The van der Waals surface area contributed by atoms with Crippen LogP contribution in [0.1, 0.15) is 39.0 Å². The molecule has 0 aliphatic heterocycles. The minimum atomic E-state index is 0.566. The number of nitrogens with one attached hydrogen (secondary N) is 2. The summed E-state index contributed by atoms with van der Waals surface area (Å²) in [4.78, 5) is 0. The average Bonchev–Trinajstić information content (AvgIpc) is 1.95. The van der Waals surface area contributed by atoms with E-state index in [-0.39, 0.29) is 0 Å². The van der Waals surface area contributed by atoms with E-state index in [9.17, 15) is 0 Å². The van der Waals surface area contributed by atoms with Gasteiger partial charge in [0.05, 0.1) is 11.4 Å². The van der Waals surface area contributed by atoms with Crippen molar-refractivity contribution >= 4 is 11.4 Å². The Bertz CT molecular complexity index is 172. The maximum Gasteiger partial charge on any atom is 0.0523 e. The minimum absolute atomic E-state index is 0.566. The Kier molecular flexibility index (Phi) is 2.80. The van der Waals surface area contributed by atoms with Crippen molar-refractivity contribution in [1.82, 2.24) is 0 Å². The normalized spacial score (nSPS) is 27.9. The van der Waals surface area contributed by atoms with Gasteiger partial charge in [-0.1, -0.05) is 19.8 Å². The van der Waals surface area contributed by atoms with E-state index in [2.05, 4.69) is 6.92 Å². The zero-order chi connectivity index (χ0) is 8.27. The van der Waals surface area contributed by atoms with E-state index in [0.29, 0.717) is 17.3 Å². The monoisotopic (exact) mass is 152 g/mol. The molecular weight excluding hydrogens is 136 g/mol. The van der Waals surface area contributed by atoms with Crippen LogP contribution in [0.3, 0.4) is 0 Å². The van der Waals surface area contributed by atoms with Gasteiger partial charge in [-0.05, 0) is 25.2 Å². The summed E-state index contributed by atoms with van der Waals surface area (Å²) >= 11 is 0. The zero-order valence-electron chi connectivity index (χ0n) is 7.11. The maximum atomic E-state index is 7.54. The second-order valence-electron chi connectivity index (χ2n) is 3.51. The van der Waals surface area contributed by atoms with E-state index in [1.807, 2.05) is 0 Å². The molecule has 0 amide bonds. The van der Waals surface area contributed by atoms with Crippen LogP contribution in [0.4, 0.5) is 0 Å². The van der Waals surface area contributed by atoms with E-state index in [4.69, 9.17) is 10.8 Å². The highest BCUT2D eigenvalue weighted by molar-refractivity contribution is 6.39. The first-order valence-corrected chi connectivity index (χ1v) is 4.35. The van der Waals surface area contributed by atoms with Crippen LogP contribution in [0.15, 0.2) is 0 Å². The molecule has 1 aliphatic rings. The van der Waals surface area contributed by atoms with Gasteiger partial charge in [-0.2, -0.15) is 0 Å². The molecule has 0 aromatic rings. The lowest BCUT2D eigenvalue weighted by atomic mass is 9.90. The van der Waals surface area contributed by atoms with Gasteiger partial charge in [0.25, 0.3) is 0 Å². The molecule has 62 valence electrons. The van der Waals surface area contributed by atoms with E-state index in [1.54, 1.807) is 0 Å². The molecule has 0 heterocycles. The zero-order valence-corrected chi connectivity index (χ0v) is 7.11. The second kappa shape index (κ2) is 3.65. The van der Waals surface area contributed by atoms with Crippen LogP contribution in [-0.4, -0.2) is 11.4 Å². The summed E-state index contributed by atoms with van der Waals surface area (Å²) in [5.41, 5.74) is 1.13. The van der Waals surface area contributed by atoms with Crippen LogP contribution in [0.25, 0.3) is 0 Å². The molecule has 2 nitrogen and oxygen atoms in total. The van der Waals surface area contributed by atoms with Crippen LogP contribution < -0.4 is 0 Å². The van der Waals surface area contributed by atoms with E-state index < -0.39 is 0 Å². The Morgan fingerprint density at radius 1 is 1.18 bits per heavy atom. The van der Waals surface area contributed by atoms with Gasteiger partial charge in [-0.25, -0.2) is 0 Å². The molecule has 0 radical (unpaired) electrons. The molecule has 1 atom stereocenters. The van der Waals surface area contributed by atoms with Crippen molar-refractivity contribution in [2.75, 3.05) is 0 Å². The lowest BCUT2D eigenvalue weighted by molar-refractivity contribution is 0.511. The SMILES string of the molecule is CC1CCCCC(=N)C(=N)C1. The van der Waals surface area contributed by atoms with E-state index in [1.165, 1.54) is 12.8 Å². The van der Waals surface area contributed by atoms with Crippen molar-refractivity contribution in [3.05, 3.63) is 0 Å². The van der Waals surface area contributed by atoms with E-state index >= 15 is 0 Å². The van der Waals surface area contributed by atoms with Gasteiger partial charge in [0.1, 0.15) is 0 Å². The summed E-state index contributed by atoms with van der Waals surface area (Å²) in [7, 11) is 0. The molecule has 2 N–H and O–H groups in total. The number of hydrogen-bond acceptors (Lipinski definition) is 2. The Morgan fingerprint density at radius 2 is 1.91 bits per heavy atom. The predicted molar refractivity (Wildman–Crippen MR) is 47.7 cm³/mol. The summed E-state index contributed by atoms with van der Waals surface area (Å²) in [5.74, 6) is 0.614. The quantitative estimate of drug-likeness (QED) is 0.536. The van der Waals surface area contributed by atoms with Gasteiger partial charge in [-0.15, -0.1) is 0 Å². The third kappa shape index (κ3) is 2.45. The van der Waals surface area contributed by atoms with Crippen LogP contribution in [0, 0.1) is 16.7 Å². The summed E-state index contributed by atoms with van der Waals surface area (Å²) in [5, 5.41) is 15.0. The second-order valence-corrected chi connectivity index (χ2v) is 3.51. The van der Waals surface area contributed by atoms with Gasteiger partial charge in [0.2, 0.25) is 0 Å². The molecule has 1 aliphatic carbocycles. The maximum absolute atomic E-state index is 7.54. The molecule has 0 aromatic carbocycles. The topological polar surface area (TPSA) is 47.7 Å². The first-order valence-electron chi connectivity index (χ1n) is 4.35.